The molecule has 0 unspecified atom stereocenters. The number of alkyl halides is 1. The van der Waals surface area contributed by atoms with E-state index in [9.17, 15) is 0 Å². The van der Waals surface area contributed by atoms with Crippen LogP contribution in [0.15, 0.2) is 43.0 Å². The fraction of sp³-hybridized carbons (Fsp3) is 0.333. The molecule has 0 radical (unpaired) electrons. The second-order valence-corrected chi connectivity index (χ2v) is 4.42. The zero-order valence-corrected chi connectivity index (χ0v) is 9.74. The maximum atomic E-state index is 5.54. The highest BCUT2D eigenvalue weighted by Gasteiger charge is 2.01. The highest BCUT2D eigenvalue weighted by molar-refractivity contribution is 9.09. The van der Waals surface area contributed by atoms with Gasteiger partial charge in [0, 0.05) is 4.83 Å². The molecule has 0 aliphatic carbocycles. The molecule has 0 aliphatic rings. The van der Waals surface area contributed by atoms with Crippen LogP contribution in [-0.4, -0.2) is 11.4 Å². The van der Waals surface area contributed by atoms with Crippen molar-refractivity contribution in [1.29, 1.82) is 0 Å². The smallest absolute Gasteiger partial charge is 0.0717 e. The summed E-state index contributed by atoms with van der Waals surface area (Å²) in [6.45, 7) is 5.09. The lowest BCUT2D eigenvalue weighted by Crippen LogP contribution is -2.07. The number of rotatable bonds is 6. The van der Waals surface area contributed by atoms with Gasteiger partial charge >= 0.3 is 0 Å². The van der Waals surface area contributed by atoms with Gasteiger partial charge in [-0.15, -0.1) is 6.58 Å². The molecule has 0 aliphatic heterocycles. The third-order valence-corrected chi connectivity index (χ3v) is 2.47. The minimum absolute atomic E-state index is 0.378. The second kappa shape index (κ2) is 6.80. The standard InChI is InChI=1S/C12H15BrO/c1-2-6-12(13)10-14-9-11-7-4-3-5-8-11/h2-5,7-8,12H,1,6,9-10H2/t12-/m1/s1. The Balaban J connectivity index is 2.18. The van der Waals surface area contributed by atoms with Gasteiger partial charge in [0.05, 0.1) is 13.2 Å². The van der Waals surface area contributed by atoms with Crippen LogP contribution in [0.25, 0.3) is 0 Å². The lowest BCUT2D eigenvalue weighted by molar-refractivity contribution is 0.123. The van der Waals surface area contributed by atoms with E-state index in [1.54, 1.807) is 0 Å². The van der Waals surface area contributed by atoms with Crippen LogP contribution in [0, 0.1) is 0 Å². The molecule has 2 heteroatoms. The minimum atomic E-state index is 0.378. The summed E-state index contributed by atoms with van der Waals surface area (Å²) < 4.78 is 5.54. The SMILES string of the molecule is C=CC[C@@H](Br)COCc1ccccc1. The highest BCUT2D eigenvalue weighted by Crippen LogP contribution is 2.08. The molecule has 1 atom stereocenters. The van der Waals surface area contributed by atoms with Crippen molar-refractivity contribution in [2.24, 2.45) is 0 Å². The Morgan fingerprint density at radius 3 is 2.71 bits per heavy atom. The van der Waals surface area contributed by atoms with E-state index in [2.05, 4.69) is 34.6 Å². The predicted octanol–water partition coefficient (Wildman–Crippen LogP) is 3.54. The van der Waals surface area contributed by atoms with Crippen molar-refractivity contribution < 1.29 is 4.74 Å². The summed E-state index contributed by atoms with van der Waals surface area (Å²) in [6, 6.07) is 10.2. The summed E-state index contributed by atoms with van der Waals surface area (Å²) >= 11 is 3.52. The normalized spacial score (nSPS) is 12.4. The summed E-state index contributed by atoms with van der Waals surface area (Å²) in [6.07, 6.45) is 2.83. The first-order chi connectivity index (χ1) is 6.83. The van der Waals surface area contributed by atoms with E-state index in [0.717, 1.165) is 13.0 Å². The maximum absolute atomic E-state index is 5.54. The molecule has 14 heavy (non-hydrogen) atoms. The van der Waals surface area contributed by atoms with Crippen molar-refractivity contribution in [3.63, 3.8) is 0 Å². The summed E-state index contributed by atoms with van der Waals surface area (Å²) in [5, 5.41) is 0. The summed E-state index contributed by atoms with van der Waals surface area (Å²) in [4.78, 5) is 0.378. The van der Waals surface area contributed by atoms with E-state index in [-0.39, 0.29) is 0 Å². The van der Waals surface area contributed by atoms with Crippen molar-refractivity contribution in [2.75, 3.05) is 6.61 Å². The largest absolute Gasteiger partial charge is 0.376 e. The highest BCUT2D eigenvalue weighted by atomic mass is 79.9. The van der Waals surface area contributed by atoms with Gasteiger partial charge in [-0.2, -0.15) is 0 Å². The Bertz CT molecular complexity index is 258. The van der Waals surface area contributed by atoms with Crippen molar-refractivity contribution in [1.82, 2.24) is 0 Å². The monoisotopic (exact) mass is 254 g/mol. The van der Waals surface area contributed by atoms with E-state index in [1.165, 1.54) is 5.56 Å². The second-order valence-electron chi connectivity index (χ2n) is 3.12. The van der Waals surface area contributed by atoms with Crippen LogP contribution in [0.4, 0.5) is 0 Å². The van der Waals surface area contributed by atoms with Gasteiger partial charge < -0.3 is 4.74 Å². The Kier molecular flexibility index (Phi) is 5.57. The fourth-order valence-corrected chi connectivity index (χ4v) is 1.58. The first kappa shape index (κ1) is 11.5. The van der Waals surface area contributed by atoms with E-state index < -0.39 is 0 Å². The van der Waals surface area contributed by atoms with Crippen LogP contribution in [0.5, 0.6) is 0 Å². The molecule has 76 valence electrons. The zero-order valence-electron chi connectivity index (χ0n) is 8.16. The summed E-state index contributed by atoms with van der Waals surface area (Å²) in [7, 11) is 0. The van der Waals surface area contributed by atoms with Crippen molar-refractivity contribution in [3.05, 3.63) is 48.6 Å². The molecule has 0 saturated carbocycles. The molecule has 0 heterocycles. The molecule has 0 aromatic heterocycles. The number of benzene rings is 1. The van der Waals surface area contributed by atoms with Gasteiger partial charge in [0.1, 0.15) is 0 Å². The average molecular weight is 255 g/mol. The molecule has 1 rings (SSSR count). The van der Waals surface area contributed by atoms with Crippen LogP contribution < -0.4 is 0 Å². The number of allylic oxidation sites excluding steroid dienone is 1. The molecule has 0 amide bonds. The number of hydrogen-bond donors (Lipinski definition) is 0. The molecule has 1 nitrogen and oxygen atoms in total. The van der Waals surface area contributed by atoms with Gasteiger partial charge in [-0.25, -0.2) is 0 Å². The van der Waals surface area contributed by atoms with Crippen LogP contribution in [0.1, 0.15) is 12.0 Å². The zero-order chi connectivity index (χ0) is 10.2. The Morgan fingerprint density at radius 1 is 1.36 bits per heavy atom. The van der Waals surface area contributed by atoms with Crippen LogP contribution in [-0.2, 0) is 11.3 Å². The average Bonchev–Trinajstić information content (AvgIpc) is 2.20. The molecule has 0 fully saturated rings. The van der Waals surface area contributed by atoms with Gasteiger partial charge in [-0.05, 0) is 12.0 Å². The number of ether oxygens (including phenoxy) is 1. The Hall–Kier alpha value is -0.600. The lowest BCUT2D eigenvalue weighted by Gasteiger charge is -2.08. The summed E-state index contributed by atoms with van der Waals surface area (Å²) in [5.41, 5.74) is 1.21. The molecule has 0 saturated heterocycles. The van der Waals surface area contributed by atoms with Crippen LogP contribution in [0.3, 0.4) is 0 Å². The Labute approximate surface area is 93.9 Å². The quantitative estimate of drug-likeness (QED) is 0.558. The number of halogens is 1. The number of hydrogen-bond acceptors (Lipinski definition) is 1. The first-order valence-electron chi connectivity index (χ1n) is 4.69. The third-order valence-electron chi connectivity index (χ3n) is 1.83. The lowest BCUT2D eigenvalue weighted by atomic mass is 10.2. The Morgan fingerprint density at radius 2 is 2.07 bits per heavy atom. The first-order valence-corrected chi connectivity index (χ1v) is 5.61. The van der Waals surface area contributed by atoms with Gasteiger partial charge in [0.2, 0.25) is 0 Å². The predicted molar refractivity (Wildman–Crippen MR) is 63.6 cm³/mol. The third kappa shape index (κ3) is 4.58. The van der Waals surface area contributed by atoms with E-state index in [0.29, 0.717) is 11.4 Å². The van der Waals surface area contributed by atoms with Gasteiger partial charge in [-0.1, -0.05) is 52.3 Å². The molecular formula is C12H15BrO. The molecular weight excluding hydrogens is 240 g/mol. The van der Waals surface area contributed by atoms with Gasteiger partial charge in [0.15, 0.2) is 0 Å². The molecule has 0 bridgehead atoms. The van der Waals surface area contributed by atoms with Crippen molar-refractivity contribution in [3.8, 4) is 0 Å². The van der Waals surface area contributed by atoms with E-state index >= 15 is 0 Å². The molecule has 1 aromatic rings. The van der Waals surface area contributed by atoms with Crippen LogP contribution in [0.2, 0.25) is 0 Å². The fourth-order valence-electron chi connectivity index (χ4n) is 1.13. The molecule has 0 N–H and O–H groups in total. The molecule has 1 aromatic carbocycles. The van der Waals surface area contributed by atoms with Gasteiger partial charge in [0.25, 0.3) is 0 Å². The summed E-state index contributed by atoms with van der Waals surface area (Å²) in [5.74, 6) is 0. The van der Waals surface area contributed by atoms with E-state index in [1.807, 2.05) is 24.3 Å². The van der Waals surface area contributed by atoms with Crippen molar-refractivity contribution >= 4 is 15.9 Å². The minimum Gasteiger partial charge on any atom is -0.376 e. The van der Waals surface area contributed by atoms with Crippen LogP contribution >= 0.6 is 15.9 Å². The van der Waals surface area contributed by atoms with Gasteiger partial charge in [-0.3, -0.25) is 0 Å². The molecule has 0 spiro atoms. The maximum Gasteiger partial charge on any atom is 0.0717 e. The van der Waals surface area contributed by atoms with E-state index in [4.69, 9.17) is 4.74 Å². The topological polar surface area (TPSA) is 9.23 Å². The van der Waals surface area contributed by atoms with Crippen molar-refractivity contribution in [2.45, 2.75) is 17.9 Å².